The van der Waals surface area contributed by atoms with Gasteiger partial charge >= 0.3 is 0 Å². The highest BCUT2D eigenvalue weighted by molar-refractivity contribution is 8.01. The molecule has 0 bridgehead atoms. The van der Waals surface area contributed by atoms with E-state index in [1.807, 2.05) is 31.2 Å². The average Bonchev–Trinajstić information content (AvgIpc) is 3.49. The monoisotopic (exact) mass is 474 g/mol. The Labute approximate surface area is 190 Å². The van der Waals surface area contributed by atoms with E-state index in [1.54, 1.807) is 16.5 Å². The third-order valence-electron chi connectivity index (χ3n) is 4.54. The Bertz CT molecular complexity index is 1100. The van der Waals surface area contributed by atoms with E-state index >= 15 is 0 Å². The molecule has 31 heavy (non-hydrogen) atoms. The first kappa shape index (κ1) is 21.4. The summed E-state index contributed by atoms with van der Waals surface area (Å²) in [5.41, 5.74) is 1.81. The lowest BCUT2D eigenvalue weighted by Crippen LogP contribution is -2.28. The molecule has 1 aromatic carbocycles. The van der Waals surface area contributed by atoms with Gasteiger partial charge in [0.2, 0.25) is 22.9 Å². The molecule has 1 aliphatic heterocycles. The Morgan fingerprint density at radius 3 is 2.84 bits per heavy atom. The van der Waals surface area contributed by atoms with Gasteiger partial charge in [-0.3, -0.25) is 14.4 Å². The minimum Gasteiger partial charge on any atom is -0.311 e. The standard InChI is InChI=1S/C19H18N6O3S3/c1-11-4-2-3-5-13(11)25-9-12(8-15(25)27)16(28)22-18-23-24-19(31-18)30-10-14(26)21-17-20-6-7-29-17/h2-7,12H,8-10H2,1H3,(H,20,21,26)(H,22,23,28)/t12-/m0/s1. The molecule has 1 saturated heterocycles. The van der Waals surface area contributed by atoms with Crippen molar-refractivity contribution in [3.8, 4) is 0 Å². The fourth-order valence-electron chi connectivity index (χ4n) is 3.08. The molecule has 1 aliphatic rings. The highest BCUT2D eigenvalue weighted by atomic mass is 32.2. The summed E-state index contributed by atoms with van der Waals surface area (Å²) < 4.78 is 0.564. The van der Waals surface area contributed by atoms with E-state index in [2.05, 4.69) is 25.8 Å². The number of aryl methyl sites for hydroxylation is 1. The van der Waals surface area contributed by atoms with Crippen LogP contribution < -0.4 is 15.5 Å². The van der Waals surface area contributed by atoms with Crippen LogP contribution >= 0.6 is 34.4 Å². The van der Waals surface area contributed by atoms with Crippen LogP contribution in [0.25, 0.3) is 0 Å². The van der Waals surface area contributed by atoms with Gasteiger partial charge in [0.25, 0.3) is 0 Å². The minimum atomic E-state index is -0.462. The first-order valence-corrected chi connectivity index (χ1v) is 12.0. The van der Waals surface area contributed by atoms with E-state index in [9.17, 15) is 14.4 Å². The van der Waals surface area contributed by atoms with Crippen molar-refractivity contribution in [3.05, 3.63) is 41.4 Å². The van der Waals surface area contributed by atoms with Crippen molar-refractivity contribution in [2.24, 2.45) is 5.92 Å². The summed E-state index contributed by atoms with van der Waals surface area (Å²) in [6.07, 6.45) is 1.77. The molecule has 2 N–H and O–H groups in total. The van der Waals surface area contributed by atoms with E-state index in [0.29, 0.717) is 21.1 Å². The van der Waals surface area contributed by atoms with Crippen molar-refractivity contribution in [1.82, 2.24) is 15.2 Å². The van der Waals surface area contributed by atoms with Gasteiger partial charge in [0.15, 0.2) is 9.47 Å². The zero-order valence-electron chi connectivity index (χ0n) is 16.4. The van der Waals surface area contributed by atoms with Gasteiger partial charge in [-0.15, -0.1) is 21.5 Å². The van der Waals surface area contributed by atoms with Crippen molar-refractivity contribution < 1.29 is 14.4 Å². The summed E-state index contributed by atoms with van der Waals surface area (Å²) in [5.74, 6) is -0.837. The predicted molar refractivity (Wildman–Crippen MR) is 122 cm³/mol. The number of nitrogens with one attached hydrogen (secondary N) is 2. The van der Waals surface area contributed by atoms with Crippen molar-refractivity contribution in [3.63, 3.8) is 0 Å². The second-order valence-electron chi connectivity index (χ2n) is 6.73. The van der Waals surface area contributed by atoms with Gasteiger partial charge in [0.1, 0.15) is 0 Å². The van der Waals surface area contributed by atoms with Gasteiger partial charge in [-0.2, -0.15) is 0 Å². The highest BCUT2D eigenvalue weighted by Gasteiger charge is 2.36. The fraction of sp³-hybridized carbons (Fsp3) is 0.263. The Hall–Kier alpha value is -2.83. The summed E-state index contributed by atoms with van der Waals surface area (Å²) >= 11 is 3.76. The van der Waals surface area contributed by atoms with Gasteiger partial charge in [0, 0.05) is 30.2 Å². The summed E-state index contributed by atoms with van der Waals surface area (Å²) in [6.45, 7) is 2.26. The number of nitrogens with zero attached hydrogens (tertiary/aromatic N) is 4. The number of carbonyl (C=O) groups is 3. The molecule has 0 aliphatic carbocycles. The van der Waals surface area contributed by atoms with Crippen molar-refractivity contribution in [2.75, 3.05) is 27.8 Å². The molecule has 0 saturated carbocycles. The maximum Gasteiger partial charge on any atom is 0.236 e. The van der Waals surface area contributed by atoms with Crippen LogP contribution in [0.5, 0.6) is 0 Å². The third-order valence-corrected chi connectivity index (χ3v) is 7.20. The molecular formula is C19H18N6O3S3. The highest BCUT2D eigenvalue weighted by Crippen LogP contribution is 2.30. The maximum absolute atomic E-state index is 12.6. The summed E-state index contributed by atoms with van der Waals surface area (Å²) in [6, 6.07) is 7.61. The molecule has 9 nitrogen and oxygen atoms in total. The summed E-state index contributed by atoms with van der Waals surface area (Å²) in [5, 5.41) is 16.1. The number of hydrogen-bond acceptors (Lipinski definition) is 9. The SMILES string of the molecule is Cc1ccccc1N1C[C@@H](C(=O)Nc2nnc(SCC(=O)Nc3nccs3)s2)CC1=O. The Morgan fingerprint density at radius 2 is 2.06 bits per heavy atom. The fourth-order valence-corrected chi connectivity index (χ4v) is 5.18. The normalized spacial score (nSPS) is 15.8. The van der Waals surface area contributed by atoms with Crippen LogP contribution in [0.3, 0.4) is 0 Å². The van der Waals surface area contributed by atoms with E-state index < -0.39 is 5.92 Å². The van der Waals surface area contributed by atoms with Gasteiger partial charge in [-0.25, -0.2) is 4.98 Å². The number of anilines is 3. The number of thiazole rings is 1. The third kappa shape index (κ3) is 5.27. The Kier molecular flexibility index (Phi) is 6.59. The number of rotatable bonds is 7. The topological polar surface area (TPSA) is 117 Å². The second-order valence-corrected chi connectivity index (χ2v) is 9.82. The minimum absolute atomic E-state index is 0.0748. The average molecular weight is 475 g/mol. The second kappa shape index (κ2) is 9.54. The number of hydrogen-bond donors (Lipinski definition) is 2. The molecule has 0 spiro atoms. The molecule has 1 atom stereocenters. The molecule has 12 heteroatoms. The van der Waals surface area contributed by atoms with Crippen molar-refractivity contribution >= 4 is 68.1 Å². The predicted octanol–water partition coefficient (Wildman–Crippen LogP) is 3.03. The van der Waals surface area contributed by atoms with E-state index in [4.69, 9.17) is 0 Å². The summed E-state index contributed by atoms with van der Waals surface area (Å²) in [7, 11) is 0. The molecule has 0 radical (unpaired) electrons. The van der Waals surface area contributed by atoms with Crippen LogP contribution in [0, 0.1) is 12.8 Å². The lowest BCUT2D eigenvalue weighted by molar-refractivity contribution is -0.122. The molecule has 160 valence electrons. The molecule has 4 rings (SSSR count). The first-order valence-electron chi connectivity index (χ1n) is 9.32. The number of carbonyl (C=O) groups excluding carboxylic acids is 3. The zero-order valence-corrected chi connectivity index (χ0v) is 18.9. The van der Waals surface area contributed by atoms with Crippen LogP contribution in [0.15, 0.2) is 40.2 Å². The Balaban J connectivity index is 1.29. The number of benzene rings is 1. The lowest BCUT2D eigenvalue weighted by Gasteiger charge is -2.18. The van der Waals surface area contributed by atoms with Crippen molar-refractivity contribution in [1.29, 1.82) is 0 Å². The maximum atomic E-state index is 12.6. The number of amides is 3. The first-order chi connectivity index (χ1) is 15.0. The lowest BCUT2D eigenvalue weighted by atomic mass is 10.1. The van der Waals surface area contributed by atoms with E-state index in [0.717, 1.165) is 11.3 Å². The van der Waals surface area contributed by atoms with Crippen LogP contribution in [0.4, 0.5) is 16.0 Å². The van der Waals surface area contributed by atoms with Crippen LogP contribution in [0.1, 0.15) is 12.0 Å². The van der Waals surface area contributed by atoms with Crippen LogP contribution in [-0.4, -0.2) is 45.2 Å². The number of para-hydroxylation sites is 1. The molecule has 3 heterocycles. The Morgan fingerprint density at radius 1 is 1.23 bits per heavy atom. The molecule has 1 fully saturated rings. The zero-order chi connectivity index (χ0) is 21.8. The number of thioether (sulfide) groups is 1. The van der Waals surface area contributed by atoms with Gasteiger partial charge < -0.3 is 15.5 Å². The molecule has 3 amide bonds. The van der Waals surface area contributed by atoms with Crippen LogP contribution in [0.2, 0.25) is 0 Å². The molecular weight excluding hydrogens is 456 g/mol. The molecule has 3 aromatic rings. The quantitative estimate of drug-likeness (QED) is 0.399. The van der Waals surface area contributed by atoms with Crippen LogP contribution in [-0.2, 0) is 14.4 Å². The number of aromatic nitrogens is 3. The van der Waals surface area contributed by atoms with E-state index in [-0.39, 0.29) is 29.9 Å². The summed E-state index contributed by atoms with van der Waals surface area (Å²) in [4.78, 5) is 42.7. The van der Waals surface area contributed by atoms with Gasteiger partial charge in [-0.1, -0.05) is 41.3 Å². The van der Waals surface area contributed by atoms with E-state index in [1.165, 1.54) is 34.4 Å². The van der Waals surface area contributed by atoms with Crippen molar-refractivity contribution in [2.45, 2.75) is 17.7 Å². The molecule has 2 aromatic heterocycles. The van der Waals surface area contributed by atoms with Gasteiger partial charge in [0.05, 0.1) is 11.7 Å². The molecule has 0 unspecified atom stereocenters. The van der Waals surface area contributed by atoms with Gasteiger partial charge in [-0.05, 0) is 18.6 Å². The smallest absolute Gasteiger partial charge is 0.236 e. The largest absolute Gasteiger partial charge is 0.311 e.